The van der Waals surface area contributed by atoms with E-state index in [1.807, 2.05) is 6.92 Å². The van der Waals surface area contributed by atoms with Gasteiger partial charge in [-0.15, -0.1) is 0 Å². The zero-order chi connectivity index (χ0) is 21.2. The molecule has 0 saturated heterocycles. The largest absolute Gasteiger partial charge is 0.495 e. The second-order valence-corrected chi connectivity index (χ2v) is 6.27. The van der Waals surface area contributed by atoms with Gasteiger partial charge < -0.3 is 14.6 Å². The second-order valence-electron chi connectivity index (χ2n) is 6.27. The van der Waals surface area contributed by atoms with Crippen molar-refractivity contribution >= 4 is 5.91 Å². The first-order chi connectivity index (χ1) is 13.7. The zero-order valence-corrected chi connectivity index (χ0v) is 15.5. The van der Waals surface area contributed by atoms with Gasteiger partial charge in [0.05, 0.1) is 30.4 Å². The van der Waals surface area contributed by atoms with E-state index in [0.29, 0.717) is 17.5 Å². The number of alkyl halides is 3. The first kappa shape index (κ1) is 20.4. The lowest BCUT2D eigenvalue weighted by Crippen LogP contribution is -2.24. The van der Waals surface area contributed by atoms with Crippen LogP contribution in [-0.2, 0) is 12.7 Å². The fourth-order valence-electron chi connectivity index (χ4n) is 2.80. The molecule has 0 fully saturated rings. The SMILES string of the molecule is COc1cc(C(=O)NCc2cccc(C(F)(F)F)c2F)ccc1-n1cnc(C)c1. The molecule has 0 saturated carbocycles. The first-order valence-corrected chi connectivity index (χ1v) is 8.52. The number of imidazole rings is 1. The fourth-order valence-corrected chi connectivity index (χ4v) is 2.80. The van der Waals surface area contributed by atoms with E-state index >= 15 is 0 Å². The van der Waals surface area contributed by atoms with Gasteiger partial charge >= 0.3 is 6.18 Å². The van der Waals surface area contributed by atoms with Crippen LogP contribution in [-0.4, -0.2) is 22.6 Å². The highest BCUT2D eigenvalue weighted by atomic mass is 19.4. The van der Waals surface area contributed by atoms with Crippen LogP contribution in [0.15, 0.2) is 48.9 Å². The molecule has 3 aromatic rings. The number of hydrogen-bond donors (Lipinski definition) is 1. The van der Waals surface area contributed by atoms with Crippen LogP contribution >= 0.6 is 0 Å². The highest BCUT2D eigenvalue weighted by molar-refractivity contribution is 5.95. The predicted molar refractivity (Wildman–Crippen MR) is 97.4 cm³/mol. The van der Waals surface area contributed by atoms with Crippen molar-refractivity contribution in [2.24, 2.45) is 0 Å². The third-order valence-corrected chi connectivity index (χ3v) is 4.26. The van der Waals surface area contributed by atoms with Crippen LogP contribution < -0.4 is 10.1 Å². The average molecular weight is 407 g/mol. The summed E-state index contributed by atoms with van der Waals surface area (Å²) in [6, 6.07) is 7.61. The molecule has 29 heavy (non-hydrogen) atoms. The molecule has 0 atom stereocenters. The van der Waals surface area contributed by atoms with E-state index in [1.54, 1.807) is 23.2 Å². The number of hydrogen-bond acceptors (Lipinski definition) is 3. The normalized spacial score (nSPS) is 11.4. The maximum absolute atomic E-state index is 14.1. The molecular formula is C20H17F4N3O2. The smallest absolute Gasteiger partial charge is 0.419 e. The van der Waals surface area contributed by atoms with Crippen LogP contribution in [0.25, 0.3) is 5.69 Å². The minimum Gasteiger partial charge on any atom is -0.495 e. The van der Waals surface area contributed by atoms with Crippen LogP contribution in [0.2, 0.25) is 0 Å². The van der Waals surface area contributed by atoms with Gasteiger partial charge in [-0.05, 0) is 31.2 Å². The Morgan fingerprint density at radius 3 is 2.62 bits per heavy atom. The number of methoxy groups -OCH3 is 1. The van der Waals surface area contributed by atoms with E-state index in [-0.39, 0.29) is 17.7 Å². The molecule has 0 bridgehead atoms. The number of nitrogens with one attached hydrogen (secondary N) is 1. The van der Waals surface area contributed by atoms with E-state index in [4.69, 9.17) is 4.74 Å². The van der Waals surface area contributed by atoms with Crippen LogP contribution in [0.5, 0.6) is 5.75 Å². The Balaban J connectivity index is 1.78. The molecule has 2 aromatic carbocycles. The molecular weight excluding hydrogens is 390 g/mol. The summed E-state index contributed by atoms with van der Waals surface area (Å²) in [7, 11) is 1.45. The number of aryl methyl sites for hydroxylation is 1. The van der Waals surface area contributed by atoms with Crippen molar-refractivity contribution in [3.05, 3.63) is 77.1 Å². The minimum absolute atomic E-state index is 0.217. The van der Waals surface area contributed by atoms with E-state index in [0.717, 1.165) is 11.8 Å². The Bertz CT molecular complexity index is 1040. The number of amides is 1. The number of carbonyl (C=O) groups excluding carboxylic acids is 1. The lowest BCUT2D eigenvalue weighted by atomic mass is 10.1. The van der Waals surface area contributed by atoms with E-state index in [2.05, 4.69) is 10.3 Å². The van der Waals surface area contributed by atoms with Gasteiger partial charge in [0, 0.05) is 23.9 Å². The molecule has 1 amide bonds. The van der Waals surface area contributed by atoms with Crippen LogP contribution in [0.4, 0.5) is 17.6 Å². The van der Waals surface area contributed by atoms with Crippen molar-refractivity contribution in [1.82, 2.24) is 14.9 Å². The van der Waals surface area contributed by atoms with Gasteiger partial charge in [-0.3, -0.25) is 4.79 Å². The molecule has 0 aliphatic heterocycles. The summed E-state index contributed by atoms with van der Waals surface area (Å²) in [5.41, 5.74) is 0.0527. The standard InChI is InChI=1S/C20H17F4N3O2/c1-12-10-27(11-26-12)16-7-6-13(8-17(16)29-2)19(28)25-9-14-4-3-5-15(18(14)21)20(22,23)24/h3-8,10-11H,9H2,1-2H3,(H,25,28). The van der Waals surface area contributed by atoms with E-state index in [9.17, 15) is 22.4 Å². The molecule has 1 N–H and O–H groups in total. The quantitative estimate of drug-likeness (QED) is 0.643. The van der Waals surface area contributed by atoms with Crippen molar-refractivity contribution in [1.29, 1.82) is 0 Å². The summed E-state index contributed by atoms with van der Waals surface area (Å²) >= 11 is 0. The number of ether oxygens (including phenoxy) is 1. The molecule has 0 radical (unpaired) electrons. The molecule has 0 spiro atoms. The van der Waals surface area contributed by atoms with Gasteiger partial charge in [0.2, 0.25) is 0 Å². The highest BCUT2D eigenvalue weighted by Gasteiger charge is 2.34. The molecule has 0 aliphatic rings. The van der Waals surface area contributed by atoms with Gasteiger partial charge in [0.15, 0.2) is 0 Å². The summed E-state index contributed by atoms with van der Waals surface area (Å²) < 4.78 is 59.6. The number of nitrogens with zero attached hydrogens (tertiary/aromatic N) is 2. The number of benzene rings is 2. The maximum atomic E-state index is 14.1. The summed E-state index contributed by atoms with van der Waals surface area (Å²) in [6.07, 6.45) is -1.42. The summed E-state index contributed by atoms with van der Waals surface area (Å²) in [6.45, 7) is 1.44. The predicted octanol–water partition coefficient (Wildman–Crippen LogP) is 4.28. The second kappa shape index (κ2) is 7.94. The monoisotopic (exact) mass is 407 g/mol. The summed E-state index contributed by atoms with van der Waals surface area (Å²) in [4.78, 5) is 16.5. The number of aromatic nitrogens is 2. The fraction of sp³-hybridized carbons (Fsp3) is 0.200. The number of carbonyl (C=O) groups is 1. The topological polar surface area (TPSA) is 56.1 Å². The van der Waals surface area contributed by atoms with Gasteiger partial charge in [0.1, 0.15) is 11.6 Å². The van der Waals surface area contributed by atoms with Crippen LogP contribution in [0.1, 0.15) is 27.2 Å². The molecule has 152 valence electrons. The Kier molecular flexibility index (Phi) is 5.58. The van der Waals surface area contributed by atoms with Crippen molar-refractivity contribution in [3.8, 4) is 11.4 Å². The van der Waals surface area contributed by atoms with Crippen molar-refractivity contribution in [3.63, 3.8) is 0 Å². The summed E-state index contributed by atoms with van der Waals surface area (Å²) in [5, 5.41) is 2.43. The van der Waals surface area contributed by atoms with Gasteiger partial charge in [-0.2, -0.15) is 13.2 Å². The van der Waals surface area contributed by atoms with Crippen LogP contribution in [0.3, 0.4) is 0 Å². The van der Waals surface area contributed by atoms with E-state index < -0.39 is 23.5 Å². The lowest BCUT2D eigenvalue weighted by Gasteiger charge is -2.13. The maximum Gasteiger partial charge on any atom is 0.419 e. The average Bonchev–Trinajstić information content (AvgIpc) is 3.11. The molecule has 3 rings (SSSR count). The zero-order valence-electron chi connectivity index (χ0n) is 15.5. The Labute approximate surface area is 163 Å². The molecule has 0 unspecified atom stereocenters. The molecule has 9 heteroatoms. The third-order valence-electron chi connectivity index (χ3n) is 4.26. The molecule has 1 heterocycles. The summed E-state index contributed by atoms with van der Waals surface area (Å²) in [5.74, 6) is -1.57. The molecule has 1 aromatic heterocycles. The van der Waals surface area contributed by atoms with E-state index in [1.165, 1.54) is 25.3 Å². The molecule has 0 aliphatic carbocycles. The molecule has 5 nitrogen and oxygen atoms in total. The third kappa shape index (κ3) is 4.39. The Morgan fingerprint density at radius 1 is 1.24 bits per heavy atom. The van der Waals surface area contributed by atoms with Crippen molar-refractivity contribution in [2.45, 2.75) is 19.6 Å². The minimum atomic E-state index is -4.81. The number of halogens is 4. The lowest BCUT2D eigenvalue weighted by molar-refractivity contribution is -0.140. The highest BCUT2D eigenvalue weighted by Crippen LogP contribution is 2.32. The van der Waals surface area contributed by atoms with Crippen molar-refractivity contribution < 1.29 is 27.1 Å². The van der Waals surface area contributed by atoms with Gasteiger partial charge in [-0.25, -0.2) is 9.37 Å². The van der Waals surface area contributed by atoms with Gasteiger partial charge in [0.25, 0.3) is 5.91 Å². The first-order valence-electron chi connectivity index (χ1n) is 8.52. The Morgan fingerprint density at radius 2 is 2.00 bits per heavy atom. The van der Waals surface area contributed by atoms with Crippen LogP contribution in [0, 0.1) is 12.7 Å². The van der Waals surface area contributed by atoms with Gasteiger partial charge in [-0.1, -0.05) is 12.1 Å². The van der Waals surface area contributed by atoms with Crippen molar-refractivity contribution in [2.75, 3.05) is 7.11 Å². The Hall–Kier alpha value is -3.36. The number of rotatable bonds is 5.